The van der Waals surface area contributed by atoms with Crippen LogP contribution in [0.25, 0.3) is 14.1 Å². The molecule has 0 heterocycles. The van der Waals surface area contributed by atoms with Crippen LogP contribution in [-0.4, -0.2) is 0 Å². The first-order chi connectivity index (χ1) is 10.4. The number of halogens is 2. The van der Waals surface area contributed by atoms with Crippen molar-refractivity contribution in [2.24, 2.45) is 0 Å². The quantitative estimate of drug-likeness (QED) is 0.626. The Morgan fingerprint density at radius 2 is 1.83 bits per heavy atom. The number of hydrogen-bond donors (Lipinski definition) is 0. The summed E-state index contributed by atoms with van der Waals surface area (Å²) in [7, 11) is 0. The zero-order chi connectivity index (χ0) is 14.2. The summed E-state index contributed by atoms with van der Waals surface area (Å²) in [5.74, 6) is 0. The Hall–Kier alpha value is -0.617. The average Bonchev–Trinajstić information content (AvgIpc) is 3.14. The van der Waals surface area contributed by atoms with Gasteiger partial charge in [0.05, 0.1) is 0 Å². The van der Waals surface area contributed by atoms with E-state index in [1.165, 1.54) is 29.2 Å². The maximum atomic E-state index is 2.52. The van der Waals surface area contributed by atoms with Gasteiger partial charge in [0, 0.05) is 0 Å². The van der Waals surface area contributed by atoms with Gasteiger partial charge in [-0.25, -0.2) is 0 Å². The topological polar surface area (TPSA) is 0 Å². The Kier molecular flexibility index (Phi) is 6.49. The molecular formula is C20H18Cl2Zr. The zero-order valence-corrected chi connectivity index (χ0v) is 17.0. The van der Waals surface area contributed by atoms with Crippen LogP contribution in [0.2, 0.25) is 0 Å². The molecule has 23 heavy (non-hydrogen) atoms. The molecule has 0 saturated heterocycles. The Morgan fingerprint density at radius 1 is 1.00 bits per heavy atom. The monoisotopic (exact) mass is 418 g/mol. The van der Waals surface area contributed by atoms with Gasteiger partial charge in [-0.05, 0) is 0 Å². The van der Waals surface area contributed by atoms with Crippen molar-refractivity contribution in [1.82, 2.24) is 0 Å². The predicted octanol–water partition coefficient (Wildman–Crippen LogP) is -0.549. The maximum Gasteiger partial charge on any atom is -1.00 e. The van der Waals surface area contributed by atoms with Crippen molar-refractivity contribution in [3.8, 4) is 0 Å². The van der Waals surface area contributed by atoms with Crippen LogP contribution in [0.5, 0.6) is 0 Å². The van der Waals surface area contributed by atoms with E-state index in [1.807, 2.05) is 0 Å². The smallest absolute Gasteiger partial charge is 1.00 e. The van der Waals surface area contributed by atoms with E-state index in [9.17, 15) is 0 Å². The Balaban J connectivity index is 0.000000960. The molecule has 0 saturated carbocycles. The van der Waals surface area contributed by atoms with Crippen molar-refractivity contribution in [3.63, 3.8) is 0 Å². The van der Waals surface area contributed by atoms with E-state index >= 15 is 0 Å². The van der Waals surface area contributed by atoms with E-state index < -0.39 is 23.2 Å². The van der Waals surface area contributed by atoms with Crippen LogP contribution in [0.4, 0.5) is 0 Å². The van der Waals surface area contributed by atoms with Gasteiger partial charge in [0.15, 0.2) is 0 Å². The zero-order valence-electron chi connectivity index (χ0n) is 13.1. The summed E-state index contributed by atoms with van der Waals surface area (Å²) < 4.78 is 3.49. The van der Waals surface area contributed by atoms with E-state index in [0.717, 1.165) is 6.42 Å². The molecule has 0 nitrogen and oxygen atoms in total. The molecule has 2 aromatic rings. The van der Waals surface area contributed by atoms with Crippen LogP contribution in [0.3, 0.4) is 0 Å². The molecular weight excluding hydrogens is 402 g/mol. The van der Waals surface area contributed by atoms with Gasteiger partial charge in [-0.3, -0.25) is 0 Å². The molecule has 116 valence electrons. The molecule has 4 rings (SSSR count). The van der Waals surface area contributed by atoms with Crippen LogP contribution in [0.1, 0.15) is 30.9 Å². The normalized spacial score (nSPS) is 14.9. The van der Waals surface area contributed by atoms with Gasteiger partial charge in [-0.2, -0.15) is 0 Å². The van der Waals surface area contributed by atoms with E-state index in [4.69, 9.17) is 0 Å². The predicted molar refractivity (Wildman–Crippen MR) is 86.7 cm³/mol. The van der Waals surface area contributed by atoms with Crippen LogP contribution in [-0.2, 0) is 29.7 Å². The van der Waals surface area contributed by atoms with Crippen LogP contribution < -0.4 is 24.8 Å². The number of benzene rings is 2. The molecule has 0 unspecified atom stereocenters. The molecule has 3 heteroatoms. The molecule has 0 amide bonds. The van der Waals surface area contributed by atoms with Crippen molar-refractivity contribution >= 4 is 14.1 Å². The Bertz CT molecular complexity index is 816. The Morgan fingerprint density at radius 3 is 2.65 bits per heavy atom. The minimum atomic E-state index is -0.634. The van der Waals surface area contributed by atoms with Gasteiger partial charge in [-0.1, -0.05) is 0 Å². The van der Waals surface area contributed by atoms with E-state index in [2.05, 4.69) is 61.5 Å². The second kappa shape index (κ2) is 7.97. The Labute approximate surface area is 162 Å². The molecule has 0 atom stereocenters. The third-order valence-electron chi connectivity index (χ3n) is 4.51. The third-order valence-corrected chi connectivity index (χ3v) is 8.32. The fourth-order valence-electron chi connectivity index (χ4n) is 3.41. The summed E-state index contributed by atoms with van der Waals surface area (Å²) >= 11 is -0.634. The first kappa shape index (κ1) is 18.7. The fourth-order valence-corrected chi connectivity index (χ4v) is 7.32. The van der Waals surface area contributed by atoms with Crippen LogP contribution >= 0.6 is 0 Å². The van der Waals surface area contributed by atoms with Crippen LogP contribution in [0.15, 0.2) is 63.5 Å². The van der Waals surface area contributed by atoms with E-state index in [1.54, 1.807) is 17.7 Å². The minimum absolute atomic E-state index is 0. The number of hydrogen-bond acceptors (Lipinski definition) is 0. The van der Waals surface area contributed by atoms with Gasteiger partial charge < -0.3 is 24.8 Å². The second-order valence-electron chi connectivity index (χ2n) is 5.73. The summed E-state index contributed by atoms with van der Waals surface area (Å²) in [5.41, 5.74) is 4.74. The molecule has 2 aromatic carbocycles. The molecule has 0 aliphatic heterocycles. The third kappa shape index (κ3) is 3.43. The number of allylic oxidation sites excluding steroid dienone is 5. The van der Waals surface area contributed by atoms with Crippen molar-refractivity contribution in [2.45, 2.75) is 26.2 Å². The maximum absolute atomic E-state index is 2.52. The molecule has 0 aromatic heterocycles. The van der Waals surface area contributed by atoms with Crippen molar-refractivity contribution < 1.29 is 48.0 Å². The van der Waals surface area contributed by atoms with Crippen molar-refractivity contribution in [1.29, 1.82) is 0 Å². The molecule has 2 aliphatic carbocycles. The molecule has 0 spiro atoms. The number of fused-ring (bicyclic) bond motifs is 3. The van der Waals surface area contributed by atoms with Gasteiger partial charge in [0.25, 0.3) is 0 Å². The van der Waals surface area contributed by atoms with Crippen molar-refractivity contribution in [3.05, 3.63) is 74.6 Å². The van der Waals surface area contributed by atoms with Gasteiger partial charge in [-0.15, -0.1) is 0 Å². The van der Waals surface area contributed by atoms with Crippen molar-refractivity contribution in [2.75, 3.05) is 0 Å². The minimum Gasteiger partial charge on any atom is -1.00 e. The molecule has 0 N–H and O–H groups in total. The first-order valence-corrected chi connectivity index (χ1v) is 10.2. The van der Waals surface area contributed by atoms with Crippen LogP contribution in [0, 0.1) is 0 Å². The summed E-state index contributed by atoms with van der Waals surface area (Å²) in [6.07, 6.45) is 10.8. The molecule has 0 fully saturated rings. The van der Waals surface area contributed by atoms with E-state index in [-0.39, 0.29) is 24.8 Å². The standard InChI is InChI=1S/C13H9.C7H9.2ClH.Zr/c1-2-6-12-10(4-1)8-9-11-5-3-7-13(11)12;1-2-7-5-3-4-6-7;;;/h1-4,6,8-9H,5H2;3,5H,2,4H2,1H3;2*1H;/q;;;;+2/p-2. The molecule has 2 aliphatic rings. The second-order valence-corrected chi connectivity index (χ2v) is 9.15. The summed E-state index contributed by atoms with van der Waals surface area (Å²) in [4.78, 5) is 0. The van der Waals surface area contributed by atoms with E-state index in [0.29, 0.717) is 0 Å². The fraction of sp³-hybridized carbons (Fsp3) is 0.200. The average molecular weight is 420 g/mol. The van der Waals surface area contributed by atoms with Gasteiger partial charge in [0.2, 0.25) is 0 Å². The molecule has 0 radical (unpaired) electrons. The first-order valence-electron chi connectivity index (χ1n) is 7.73. The summed E-state index contributed by atoms with van der Waals surface area (Å²) in [6, 6.07) is 13.5. The van der Waals surface area contributed by atoms with Gasteiger partial charge in [0.1, 0.15) is 0 Å². The SMILES string of the molecule is CCC1=[C]([Zr+2][C]2=CCc3ccc4ccccc4c32)CC=C1.[Cl-].[Cl-]. The molecule has 0 bridgehead atoms. The summed E-state index contributed by atoms with van der Waals surface area (Å²) in [6.45, 7) is 2.29. The largest absolute Gasteiger partial charge is 1.00 e. The number of rotatable bonds is 3. The summed E-state index contributed by atoms with van der Waals surface area (Å²) in [5, 5.41) is 2.85. The van der Waals surface area contributed by atoms with Gasteiger partial charge >= 0.3 is 138 Å².